The molecule has 0 amide bonds. The fourth-order valence-electron chi connectivity index (χ4n) is 5.96. The molecule has 5 heteroatoms. The minimum absolute atomic E-state index is 0.0383. The largest absolute Gasteiger partial charge is 0.466 e. The van der Waals surface area contributed by atoms with Crippen LogP contribution in [0.4, 0.5) is 0 Å². The van der Waals surface area contributed by atoms with Gasteiger partial charge in [0.15, 0.2) is 5.78 Å². The number of rotatable bonds is 3. The highest BCUT2D eigenvalue weighted by Crippen LogP contribution is 2.69. The lowest BCUT2D eigenvalue weighted by atomic mass is 9.53. The number of hydrogen-bond donors (Lipinski definition) is 0. The highest BCUT2D eigenvalue weighted by atomic mass is 16.5. The summed E-state index contributed by atoms with van der Waals surface area (Å²) >= 11 is 0. The van der Waals surface area contributed by atoms with Gasteiger partial charge in [-0.25, -0.2) is 9.59 Å². The summed E-state index contributed by atoms with van der Waals surface area (Å²) in [6.45, 7) is 6.54. The Hall–Kier alpha value is -2.43. The van der Waals surface area contributed by atoms with Gasteiger partial charge in [0.2, 0.25) is 0 Å². The summed E-state index contributed by atoms with van der Waals surface area (Å²) < 4.78 is 10.1. The van der Waals surface area contributed by atoms with Gasteiger partial charge in [0, 0.05) is 22.7 Å². The SMILES string of the molecule is COC(=O)C1=C(C(=O)OC)C23CC1C=C2C(C)(C(C)C)C1C=CC(=O)C3C=C1. The molecule has 28 heavy (non-hydrogen) atoms. The Morgan fingerprint density at radius 3 is 2.39 bits per heavy atom. The minimum Gasteiger partial charge on any atom is -0.466 e. The predicted molar refractivity (Wildman–Crippen MR) is 103 cm³/mol. The van der Waals surface area contributed by atoms with E-state index in [0.717, 1.165) is 5.57 Å². The van der Waals surface area contributed by atoms with Crippen LogP contribution in [0.25, 0.3) is 0 Å². The van der Waals surface area contributed by atoms with Gasteiger partial charge in [-0.1, -0.05) is 50.6 Å². The van der Waals surface area contributed by atoms with Crippen molar-refractivity contribution in [2.45, 2.75) is 27.2 Å². The summed E-state index contributed by atoms with van der Waals surface area (Å²) in [4.78, 5) is 38.7. The zero-order chi connectivity index (χ0) is 20.4. The molecular formula is C23H26O5. The topological polar surface area (TPSA) is 69.7 Å². The molecule has 0 radical (unpaired) electrons. The number of esters is 2. The van der Waals surface area contributed by atoms with Crippen LogP contribution in [0.15, 0.2) is 47.1 Å². The number of hydrogen-bond acceptors (Lipinski definition) is 5. The lowest BCUT2D eigenvalue weighted by molar-refractivity contribution is -0.140. The zero-order valence-electron chi connectivity index (χ0n) is 16.9. The Morgan fingerprint density at radius 2 is 1.79 bits per heavy atom. The van der Waals surface area contributed by atoms with E-state index in [-0.39, 0.29) is 29.0 Å². The molecule has 4 rings (SSSR count). The van der Waals surface area contributed by atoms with Crippen LogP contribution in [-0.4, -0.2) is 31.9 Å². The second-order valence-corrected chi connectivity index (χ2v) is 8.72. The number of ketones is 1. The molecule has 4 aliphatic rings. The van der Waals surface area contributed by atoms with E-state index < -0.39 is 23.3 Å². The van der Waals surface area contributed by atoms with E-state index in [4.69, 9.17) is 9.47 Å². The van der Waals surface area contributed by atoms with E-state index in [0.29, 0.717) is 17.6 Å². The molecule has 4 aliphatic carbocycles. The molecule has 0 aliphatic heterocycles. The van der Waals surface area contributed by atoms with Gasteiger partial charge in [-0.15, -0.1) is 0 Å². The van der Waals surface area contributed by atoms with E-state index in [1.54, 1.807) is 6.08 Å². The summed E-state index contributed by atoms with van der Waals surface area (Å²) in [5.41, 5.74) is 0.616. The molecule has 5 nitrogen and oxygen atoms in total. The molecular weight excluding hydrogens is 356 g/mol. The Balaban J connectivity index is 2.06. The van der Waals surface area contributed by atoms with Crippen molar-refractivity contribution in [2.75, 3.05) is 14.2 Å². The first-order valence-corrected chi connectivity index (χ1v) is 9.77. The van der Waals surface area contributed by atoms with Crippen LogP contribution < -0.4 is 0 Å². The van der Waals surface area contributed by atoms with Crippen LogP contribution in [-0.2, 0) is 23.9 Å². The normalized spacial score (nSPS) is 37.7. The highest BCUT2D eigenvalue weighted by molar-refractivity contribution is 6.07. The summed E-state index contributed by atoms with van der Waals surface area (Å²) in [6.07, 6.45) is 10.3. The average Bonchev–Trinajstić information content (AvgIpc) is 3.11. The van der Waals surface area contributed by atoms with Crippen molar-refractivity contribution < 1.29 is 23.9 Å². The van der Waals surface area contributed by atoms with Crippen molar-refractivity contribution in [3.8, 4) is 0 Å². The maximum atomic E-state index is 13.1. The molecule has 0 heterocycles. The van der Waals surface area contributed by atoms with Crippen molar-refractivity contribution in [3.63, 3.8) is 0 Å². The van der Waals surface area contributed by atoms with Gasteiger partial charge in [0.1, 0.15) is 0 Å². The number of fused-ring (bicyclic) bond motifs is 3. The van der Waals surface area contributed by atoms with Crippen molar-refractivity contribution in [3.05, 3.63) is 47.1 Å². The smallest absolute Gasteiger partial charge is 0.335 e. The fraction of sp³-hybridized carbons (Fsp3) is 0.522. The summed E-state index contributed by atoms with van der Waals surface area (Å²) in [7, 11) is 2.63. The third-order valence-electron chi connectivity index (χ3n) is 7.56. The molecule has 0 aromatic rings. The standard InChI is InChI=1S/C23H26O5/c1-12(2)22(3)14-6-8-15(16(24)9-7-14)23-11-13(10-17(22)23)18(20(25)27-4)19(23)21(26)28-5/h6-10,12-15H,11H2,1-5H3. The first kappa shape index (κ1) is 18.9. The number of allylic oxidation sites excluding steroid dienone is 6. The lowest BCUT2D eigenvalue weighted by Gasteiger charge is -2.48. The summed E-state index contributed by atoms with van der Waals surface area (Å²) in [5, 5.41) is 0. The molecule has 1 spiro atoms. The first-order valence-electron chi connectivity index (χ1n) is 9.77. The van der Waals surface area contributed by atoms with Gasteiger partial charge < -0.3 is 9.47 Å². The Labute approximate surface area is 165 Å². The van der Waals surface area contributed by atoms with Crippen LogP contribution in [0, 0.1) is 34.5 Å². The fourth-order valence-corrected chi connectivity index (χ4v) is 5.96. The average molecular weight is 382 g/mol. The zero-order valence-corrected chi connectivity index (χ0v) is 16.9. The maximum Gasteiger partial charge on any atom is 0.335 e. The van der Waals surface area contributed by atoms with E-state index in [9.17, 15) is 14.4 Å². The van der Waals surface area contributed by atoms with E-state index in [1.165, 1.54) is 14.2 Å². The number of methoxy groups -OCH3 is 2. The molecule has 0 N–H and O–H groups in total. The lowest BCUT2D eigenvalue weighted by Crippen LogP contribution is -2.46. The molecule has 0 fully saturated rings. The molecule has 0 aromatic carbocycles. The predicted octanol–water partition coefficient (Wildman–Crippen LogP) is 3.18. The van der Waals surface area contributed by atoms with Gasteiger partial charge in [-0.05, 0) is 18.4 Å². The molecule has 0 aromatic heterocycles. The third kappa shape index (κ3) is 2.05. The molecule has 5 atom stereocenters. The van der Waals surface area contributed by atoms with E-state index in [1.807, 2.05) is 12.2 Å². The van der Waals surface area contributed by atoms with Gasteiger partial charge in [-0.3, -0.25) is 4.79 Å². The van der Waals surface area contributed by atoms with Crippen molar-refractivity contribution in [1.82, 2.24) is 0 Å². The Morgan fingerprint density at radius 1 is 1.11 bits per heavy atom. The highest BCUT2D eigenvalue weighted by Gasteiger charge is 2.66. The van der Waals surface area contributed by atoms with Crippen molar-refractivity contribution >= 4 is 17.7 Å². The number of ether oxygens (including phenoxy) is 2. The molecule has 0 saturated carbocycles. The van der Waals surface area contributed by atoms with Crippen LogP contribution in [0.2, 0.25) is 0 Å². The van der Waals surface area contributed by atoms with E-state index >= 15 is 0 Å². The summed E-state index contributed by atoms with van der Waals surface area (Å²) in [6, 6.07) is 0. The molecule has 148 valence electrons. The monoisotopic (exact) mass is 382 g/mol. The van der Waals surface area contributed by atoms with Crippen LogP contribution in [0.5, 0.6) is 0 Å². The quantitative estimate of drug-likeness (QED) is 0.554. The first-order chi connectivity index (χ1) is 13.2. The number of carbonyl (C=O) groups excluding carboxylic acids is 3. The van der Waals surface area contributed by atoms with Gasteiger partial charge in [0.25, 0.3) is 0 Å². The number of carbonyl (C=O) groups is 3. The maximum absolute atomic E-state index is 13.1. The second kappa shape index (κ2) is 6.03. The van der Waals surface area contributed by atoms with Crippen LogP contribution in [0.3, 0.4) is 0 Å². The Kier molecular flexibility index (Phi) is 4.07. The van der Waals surface area contributed by atoms with Gasteiger partial charge >= 0.3 is 11.9 Å². The summed E-state index contributed by atoms with van der Waals surface area (Å²) in [5.74, 6) is -1.56. The molecule has 0 saturated heterocycles. The van der Waals surface area contributed by atoms with E-state index in [2.05, 4.69) is 32.9 Å². The van der Waals surface area contributed by atoms with Crippen LogP contribution >= 0.6 is 0 Å². The van der Waals surface area contributed by atoms with Crippen molar-refractivity contribution in [1.29, 1.82) is 0 Å². The second-order valence-electron chi connectivity index (χ2n) is 8.72. The Bertz CT molecular complexity index is 902. The molecule has 4 bridgehead atoms. The van der Waals surface area contributed by atoms with Crippen LogP contribution in [0.1, 0.15) is 27.2 Å². The molecule has 5 unspecified atom stereocenters. The van der Waals surface area contributed by atoms with Crippen molar-refractivity contribution in [2.24, 2.45) is 34.5 Å². The van der Waals surface area contributed by atoms with Gasteiger partial charge in [0.05, 0.1) is 31.3 Å². The minimum atomic E-state index is -0.854. The van der Waals surface area contributed by atoms with Gasteiger partial charge in [-0.2, -0.15) is 0 Å². The third-order valence-corrected chi connectivity index (χ3v) is 7.56.